The zero-order chi connectivity index (χ0) is 18.0. The van der Waals surface area contributed by atoms with Gasteiger partial charge in [0.2, 0.25) is 0 Å². The molecule has 0 atom stereocenters. The molecule has 0 saturated carbocycles. The predicted octanol–water partition coefficient (Wildman–Crippen LogP) is 5.42. The van der Waals surface area contributed by atoms with Gasteiger partial charge in [-0.25, -0.2) is 0 Å². The zero-order valence-electron chi connectivity index (χ0n) is 14.9. The van der Waals surface area contributed by atoms with Crippen molar-refractivity contribution in [2.45, 2.75) is 52.4 Å². The molecule has 0 spiro atoms. The number of aryl methyl sites for hydroxylation is 2. The number of rotatable bonds is 6. The Kier molecular flexibility index (Phi) is 19.0. The average molecular weight is 430 g/mol. The first-order valence-electron chi connectivity index (χ1n) is 8.31. The monoisotopic (exact) mass is 430 g/mol. The van der Waals surface area contributed by atoms with Crippen molar-refractivity contribution >= 4 is 0 Å². The zero-order valence-corrected chi connectivity index (χ0v) is 16.6. The summed E-state index contributed by atoms with van der Waals surface area (Å²) in [4.78, 5) is 8.25. The maximum absolute atomic E-state index is 8.25. The van der Waals surface area contributed by atoms with Crippen LogP contribution in [0, 0.1) is 27.5 Å². The first-order chi connectivity index (χ1) is 11.6. The number of benzene rings is 2. The molecule has 5 heteroatoms. The molecule has 2 aromatic rings. The predicted molar refractivity (Wildman–Crippen MR) is 98.1 cm³/mol. The molecule has 0 aliphatic heterocycles. The maximum atomic E-state index is 8.25. The third-order valence-electron chi connectivity index (χ3n) is 3.21. The van der Waals surface area contributed by atoms with E-state index in [9.17, 15) is 0 Å². The van der Waals surface area contributed by atoms with Crippen LogP contribution in [0.15, 0.2) is 48.5 Å². The summed E-state index contributed by atoms with van der Waals surface area (Å²) in [6.07, 6.45) is 7.57. The van der Waals surface area contributed by atoms with Crippen molar-refractivity contribution in [1.29, 1.82) is 0 Å². The number of hydrogen-bond donors (Lipinski definition) is 0. The van der Waals surface area contributed by atoms with E-state index in [2.05, 4.69) is 50.2 Å². The fourth-order valence-corrected chi connectivity index (χ4v) is 1.94. The Morgan fingerprint density at radius 1 is 0.800 bits per heavy atom. The standard InChI is InChI=1S/2C10H13.NO3.Ru/c2*1-2-3-7-10-8-5-4-6-9-10;2-1(3)4;/h2*5-6,8-9H,2-3,7H2,1H3;;/q3*-1;+3. The fourth-order valence-electron chi connectivity index (χ4n) is 1.94. The first-order valence-corrected chi connectivity index (χ1v) is 8.31. The topological polar surface area (TPSA) is 66.2 Å². The Morgan fingerprint density at radius 3 is 1.32 bits per heavy atom. The van der Waals surface area contributed by atoms with E-state index in [0.29, 0.717) is 0 Å². The minimum Gasteiger partial charge on any atom is -0.356 e. The van der Waals surface area contributed by atoms with E-state index < -0.39 is 5.09 Å². The van der Waals surface area contributed by atoms with E-state index in [1.165, 1.54) is 49.7 Å². The van der Waals surface area contributed by atoms with Crippen LogP contribution in [0.25, 0.3) is 0 Å². The van der Waals surface area contributed by atoms with Crippen molar-refractivity contribution in [2.75, 3.05) is 0 Å². The van der Waals surface area contributed by atoms with Crippen molar-refractivity contribution in [3.05, 3.63) is 87.1 Å². The van der Waals surface area contributed by atoms with Crippen LogP contribution in [0.1, 0.15) is 50.7 Å². The van der Waals surface area contributed by atoms with E-state index in [-0.39, 0.29) is 19.5 Å². The maximum Gasteiger partial charge on any atom is 3.00 e. The molecule has 4 nitrogen and oxygen atoms in total. The van der Waals surface area contributed by atoms with Crippen LogP contribution >= 0.6 is 0 Å². The number of nitrogens with zero attached hydrogens (tertiary/aromatic N) is 1. The molecular formula is C20H26NO3Ru. The molecule has 1 radical (unpaired) electrons. The van der Waals surface area contributed by atoms with Crippen LogP contribution in [0.2, 0.25) is 0 Å². The molecule has 25 heavy (non-hydrogen) atoms. The summed E-state index contributed by atoms with van der Waals surface area (Å²) in [5.41, 5.74) is 2.86. The van der Waals surface area contributed by atoms with Crippen LogP contribution in [0.5, 0.6) is 0 Å². The molecule has 2 aromatic carbocycles. The molecule has 0 heterocycles. The van der Waals surface area contributed by atoms with Gasteiger partial charge >= 0.3 is 19.5 Å². The van der Waals surface area contributed by atoms with Gasteiger partial charge in [-0.05, 0) is 0 Å². The van der Waals surface area contributed by atoms with E-state index in [1.54, 1.807) is 0 Å². The molecule has 2 rings (SSSR count). The van der Waals surface area contributed by atoms with Gasteiger partial charge in [0.1, 0.15) is 0 Å². The molecule has 0 fully saturated rings. The van der Waals surface area contributed by atoms with Gasteiger partial charge < -0.3 is 15.3 Å². The largest absolute Gasteiger partial charge is 3.00 e. The van der Waals surface area contributed by atoms with Crippen molar-refractivity contribution < 1.29 is 24.6 Å². The second-order valence-electron chi connectivity index (χ2n) is 5.25. The third kappa shape index (κ3) is 18.4. The van der Waals surface area contributed by atoms with Gasteiger partial charge in [0.05, 0.1) is 5.09 Å². The normalized spacial score (nSPS) is 8.72. The van der Waals surface area contributed by atoms with Gasteiger partial charge in [0.25, 0.3) is 0 Å². The molecule has 0 saturated heterocycles. The second-order valence-corrected chi connectivity index (χ2v) is 5.25. The summed E-state index contributed by atoms with van der Waals surface area (Å²) in [7, 11) is 0. The summed E-state index contributed by atoms with van der Waals surface area (Å²) in [5.74, 6) is 0. The SMILES string of the molecule is CCCCc1cc[c-]cc1.CCCCc1cc[c-]cc1.O=[N+]([O-])[O-].[Ru+3]. The van der Waals surface area contributed by atoms with Crippen molar-refractivity contribution in [3.63, 3.8) is 0 Å². The van der Waals surface area contributed by atoms with Gasteiger partial charge in [-0.2, -0.15) is 71.8 Å². The molecule has 0 amide bonds. The minimum atomic E-state index is -1.75. The minimum absolute atomic E-state index is 0. The molecule has 0 bridgehead atoms. The van der Waals surface area contributed by atoms with E-state index in [4.69, 9.17) is 15.3 Å². The molecule has 0 aliphatic rings. The van der Waals surface area contributed by atoms with Crippen LogP contribution in [0.4, 0.5) is 0 Å². The van der Waals surface area contributed by atoms with Gasteiger partial charge in [0, 0.05) is 0 Å². The van der Waals surface area contributed by atoms with Gasteiger partial charge in [0.15, 0.2) is 0 Å². The number of hydrogen-bond acceptors (Lipinski definition) is 3. The number of unbranched alkanes of at least 4 members (excludes halogenated alkanes) is 2. The van der Waals surface area contributed by atoms with E-state index >= 15 is 0 Å². The Morgan fingerprint density at radius 2 is 1.08 bits per heavy atom. The van der Waals surface area contributed by atoms with Crippen molar-refractivity contribution in [2.24, 2.45) is 0 Å². The Labute approximate surface area is 164 Å². The second kappa shape index (κ2) is 18.6. The third-order valence-corrected chi connectivity index (χ3v) is 3.21. The summed E-state index contributed by atoms with van der Waals surface area (Å²) in [6.45, 7) is 4.43. The molecule has 0 aliphatic carbocycles. The summed E-state index contributed by atoms with van der Waals surface area (Å²) >= 11 is 0. The van der Waals surface area contributed by atoms with Crippen LogP contribution in [-0.2, 0) is 32.3 Å². The fraction of sp³-hybridized carbons (Fsp3) is 0.400. The molecule has 137 valence electrons. The van der Waals surface area contributed by atoms with Crippen LogP contribution in [-0.4, -0.2) is 5.09 Å². The smallest absolute Gasteiger partial charge is 0.356 e. The molecule has 0 N–H and O–H groups in total. The molecular weight excluding hydrogens is 403 g/mol. The van der Waals surface area contributed by atoms with Crippen molar-refractivity contribution in [3.8, 4) is 0 Å². The van der Waals surface area contributed by atoms with E-state index in [1.807, 2.05) is 24.3 Å². The molecule has 0 aromatic heterocycles. The Bertz CT molecular complexity index is 473. The van der Waals surface area contributed by atoms with E-state index in [0.717, 1.165) is 0 Å². The summed E-state index contributed by atoms with van der Waals surface area (Å²) in [6, 6.07) is 22.5. The quantitative estimate of drug-likeness (QED) is 0.267. The van der Waals surface area contributed by atoms with Gasteiger partial charge in [-0.3, -0.25) is 0 Å². The van der Waals surface area contributed by atoms with Crippen LogP contribution in [0.3, 0.4) is 0 Å². The molecule has 0 unspecified atom stereocenters. The van der Waals surface area contributed by atoms with Crippen molar-refractivity contribution in [1.82, 2.24) is 0 Å². The van der Waals surface area contributed by atoms with Crippen LogP contribution < -0.4 is 0 Å². The summed E-state index contributed by atoms with van der Waals surface area (Å²) < 4.78 is 0. The Hall–Kier alpha value is -1.74. The Balaban J connectivity index is 0. The van der Waals surface area contributed by atoms with Gasteiger partial charge in [-0.15, -0.1) is 0 Å². The average Bonchev–Trinajstić information content (AvgIpc) is 2.60. The summed E-state index contributed by atoms with van der Waals surface area (Å²) in [5, 5.41) is 14.8. The van der Waals surface area contributed by atoms with Gasteiger partial charge in [-0.1, -0.05) is 52.4 Å². The first kappa shape index (κ1) is 25.5.